The van der Waals surface area contributed by atoms with Crippen LogP contribution in [0.25, 0.3) is 0 Å². The zero-order valence-corrected chi connectivity index (χ0v) is 9.55. The van der Waals surface area contributed by atoms with Crippen LogP contribution in [-0.2, 0) is 11.2 Å². The summed E-state index contributed by atoms with van der Waals surface area (Å²) in [5.41, 5.74) is 1.43. The van der Waals surface area contributed by atoms with Gasteiger partial charge in [0.1, 0.15) is 11.7 Å². The van der Waals surface area contributed by atoms with Crippen molar-refractivity contribution in [1.29, 1.82) is 0 Å². The van der Waals surface area contributed by atoms with Gasteiger partial charge in [0.15, 0.2) is 0 Å². The van der Waals surface area contributed by atoms with E-state index in [1.165, 1.54) is 0 Å². The molecule has 0 bridgehead atoms. The van der Waals surface area contributed by atoms with Gasteiger partial charge in [0.2, 0.25) is 0 Å². The molecule has 0 amide bonds. The molecule has 1 aliphatic rings. The third kappa shape index (κ3) is 1.72. The highest BCUT2D eigenvalue weighted by Crippen LogP contribution is 2.28. The van der Waals surface area contributed by atoms with Gasteiger partial charge in [0, 0.05) is 12.6 Å². The summed E-state index contributed by atoms with van der Waals surface area (Å²) in [7, 11) is 0. The van der Waals surface area contributed by atoms with Gasteiger partial charge < -0.3 is 9.72 Å². The van der Waals surface area contributed by atoms with Crippen molar-refractivity contribution in [2.45, 2.75) is 12.5 Å². The minimum atomic E-state index is -0.549. The van der Waals surface area contributed by atoms with Gasteiger partial charge in [-0.15, -0.1) is 0 Å². The Morgan fingerprint density at radius 1 is 1.11 bits per heavy atom. The Labute approximate surface area is 103 Å². The standard InChI is InChI=1S/C14H11NO3/c16-13-12-10(6-7-15-13)8-11(18-14(12)17)9-4-2-1-3-5-9/h1-7,11H,8H2,(H,15,16). The van der Waals surface area contributed by atoms with E-state index in [9.17, 15) is 9.59 Å². The molecule has 1 aromatic heterocycles. The van der Waals surface area contributed by atoms with Crippen LogP contribution in [0.1, 0.15) is 27.6 Å². The smallest absolute Gasteiger partial charge is 0.344 e. The van der Waals surface area contributed by atoms with E-state index in [1.807, 2.05) is 30.3 Å². The van der Waals surface area contributed by atoms with Crippen LogP contribution in [0.5, 0.6) is 0 Å². The summed E-state index contributed by atoms with van der Waals surface area (Å²) in [6.45, 7) is 0. The van der Waals surface area contributed by atoms with Gasteiger partial charge in [0.05, 0.1) is 0 Å². The lowest BCUT2D eigenvalue weighted by atomic mass is 9.96. The molecule has 1 aromatic carbocycles. The van der Waals surface area contributed by atoms with Crippen molar-refractivity contribution in [3.63, 3.8) is 0 Å². The molecule has 4 heteroatoms. The highest BCUT2D eigenvalue weighted by Gasteiger charge is 2.29. The van der Waals surface area contributed by atoms with E-state index in [1.54, 1.807) is 12.3 Å². The molecule has 0 aliphatic carbocycles. The van der Waals surface area contributed by atoms with Crippen LogP contribution in [0, 0.1) is 0 Å². The first kappa shape index (κ1) is 10.8. The van der Waals surface area contributed by atoms with Crippen LogP contribution < -0.4 is 5.56 Å². The van der Waals surface area contributed by atoms with Crippen LogP contribution >= 0.6 is 0 Å². The predicted octanol–water partition coefficient (Wildman–Crippen LogP) is 1.83. The molecule has 90 valence electrons. The Kier molecular flexibility index (Phi) is 2.48. The van der Waals surface area contributed by atoms with Gasteiger partial charge in [-0.3, -0.25) is 4.79 Å². The number of carbonyl (C=O) groups is 1. The van der Waals surface area contributed by atoms with E-state index in [2.05, 4.69) is 4.98 Å². The molecule has 0 radical (unpaired) electrons. The molecule has 18 heavy (non-hydrogen) atoms. The van der Waals surface area contributed by atoms with Gasteiger partial charge in [-0.25, -0.2) is 4.79 Å². The fourth-order valence-corrected chi connectivity index (χ4v) is 2.20. The van der Waals surface area contributed by atoms with Gasteiger partial charge >= 0.3 is 5.97 Å². The highest BCUT2D eigenvalue weighted by atomic mass is 16.5. The Bertz CT molecular complexity index is 646. The number of hydrogen-bond donors (Lipinski definition) is 1. The molecule has 2 aromatic rings. The van der Waals surface area contributed by atoms with Gasteiger partial charge in [-0.2, -0.15) is 0 Å². The van der Waals surface area contributed by atoms with E-state index in [0.29, 0.717) is 6.42 Å². The van der Waals surface area contributed by atoms with E-state index < -0.39 is 5.97 Å². The Hall–Kier alpha value is -2.36. The summed E-state index contributed by atoms with van der Waals surface area (Å²) in [6.07, 6.45) is 1.78. The van der Waals surface area contributed by atoms with Crippen LogP contribution in [0.2, 0.25) is 0 Å². The number of rotatable bonds is 1. The van der Waals surface area contributed by atoms with Crippen molar-refractivity contribution in [3.8, 4) is 0 Å². The molecule has 2 heterocycles. The van der Waals surface area contributed by atoms with Crippen molar-refractivity contribution in [2.75, 3.05) is 0 Å². The molecule has 3 rings (SSSR count). The average molecular weight is 241 g/mol. The normalized spacial score (nSPS) is 18.0. The number of fused-ring (bicyclic) bond motifs is 1. The predicted molar refractivity (Wildman–Crippen MR) is 65.4 cm³/mol. The van der Waals surface area contributed by atoms with Crippen molar-refractivity contribution in [3.05, 3.63) is 69.6 Å². The summed E-state index contributed by atoms with van der Waals surface area (Å²) >= 11 is 0. The lowest BCUT2D eigenvalue weighted by Gasteiger charge is -2.24. The number of benzene rings is 1. The molecule has 1 atom stereocenters. The van der Waals surface area contributed by atoms with Crippen LogP contribution in [0.3, 0.4) is 0 Å². The van der Waals surface area contributed by atoms with Crippen molar-refractivity contribution >= 4 is 5.97 Å². The highest BCUT2D eigenvalue weighted by molar-refractivity contribution is 5.91. The topological polar surface area (TPSA) is 59.2 Å². The van der Waals surface area contributed by atoms with E-state index in [4.69, 9.17) is 4.74 Å². The zero-order valence-electron chi connectivity index (χ0n) is 9.55. The van der Waals surface area contributed by atoms with Crippen LogP contribution in [0.4, 0.5) is 0 Å². The molecule has 0 saturated carbocycles. The summed E-state index contributed by atoms with van der Waals surface area (Å²) < 4.78 is 5.32. The minimum absolute atomic E-state index is 0.129. The fourth-order valence-electron chi connectivity index (χ4n) is 2.20. The maximum absolute atomic E-state index is 11.8. The number of aromatic nitrogens is 1. The molecular formula is C14H11NO3. The molecule has 1 unspecified atom stereocenters. The molecule has 1 N–H and O–H groups in total. The monoisotopic (exact) mass is 241 g/mol. The largest absolute Gasteiger partial charge is 0.453 e. The molecule has 0 saturated heterocycles. The number of nitrogens with one attached hydrogen (secondary N) is 1. The molecular weight excluding hydrogens is 230 g/mol. The third-order valence-electron chi connectivity index (χ3n) is 3.08. The third-order valence-corrected chi connectivity index (χ3v) is 3.08. The number of ether oxygens (including phenoxy) is 1. The number of esters is 1. The Morgan fingerprint density at radius 2 is 1.89 bits per heavy atom. The fraction of sp³-hybridized carbons (Fsp3) is 0.143. The number of pyridine rings is 1. The maximum atomic E-state index is 11.8. The van der Waals surface area contributed by atoms with E-state index in [-0.39, 0.29) is 17.2 Å². The van der Waals surface area contributed by atoms with Crippen molar-refractivity contribution in [2.24, 2.45) is 0 Å². The zero-order chi connectivity index (χ0) is 12.5. The number of H-pyrrole nitrogens is 1. The Balaban J connectivity index is 2.03. The summed E-state index contributed by atoms with van der Waals surface area (Å²) in [4.78, 5) is 25.9. The molecule has 1 aliphatic heterocycles. The summed E-state index contributed by atoms with van der Waals surface area (Å²) in [5.74, 6) is -0.549. The number of carbonyl (C=O) groups excluding carboxylic acids is 1. The second kappa shape index (κ2) is 4.14. The molecule has 4 nitrogen and oxygen atoms in total. The summed E-state index contributed by atoms with van der Waals surface area (Å²) in [6, 6.07) is 11.3. The molecule has 0 fully saturated rings. The first-order valence-electron chi connectivity index (χ1n) is 5.72. The average Bonchev–Trinajstić information content (AvgIpc) is 2.39. The lowest BCUT2D eigenvalue weighted by molar-refractivity contribution is 0.0250. The first-order valence-corrected chi connectivity index (χ1v) is 5.72. The van der Waals surface area contributed by atoms with Crippen molar-refractivity contribution < 1.29 is 9.53 Å². The van der Waals surface area contributed by atoms with Crippen LogP contribution in [-0.4, -0.2) is 11.0 Å². The quantitative estimate of drug-likeness (QED) is 0.775. The second-order valence-electron chi connectivity index (χ2n) is 4.22. The summed E-state index contributed by atoms with van der Waals surface area (Å²) in [5, 5.41) is 0. The van der Waals surface area contributed by atoms with Crippen molar-refractivity contribution in [1.82, 2.24) is 4.98 Å². The first-order chi connectivity index (χ1) is 8.75. The van der Waals surface area contributed by atoms with Crippen LogP contribution in [0.15, 0.2) is 47.4 Å². The van der Waals surface area contributed by atoms with E-state index >= 15 is 0 Å². The van der Waals surface area contributed by atoms with Gasteiger partial charge in [0.25, 0.3) is 5.56 Å². The SMILES string of the molecule is O=C1OC(c2ccccc2)Cc2cc[nH]c(=O)c21. The number of aromatic amines is 1. The lowest BCUT2D eigenvalue weighted by Crippen LogP contribution is -2.29. The maximum Gasteiger partial charge on any atom is 0.344 e. The Morgan fingerprint density at radius 3 is 2.67 bits per heavy atom. The second-order valence-corrected chi connectivity index (χ2v) is 4.22. The molecule has 0 spiro atoms. The van der Waals surface area contributed by atoms with E-state index in [0.717, 1.165) is 11.1 Å². The minimum Gasteiger partial charge on any atom is -0.453 e. The van der Waals surface area contributed by atoms with Gasteiger partial charge in [-0.1, -0.05) is 30.3 Å². The number of cyclic esters (lactones) is 1. The number of hydrogen-bond acceptors (Lipinski definition) is 3. The van der Waals surface area contributed by atoms with Gasteiger partial charge in [-0.05, 0) is 17.2 Å².